The zero-order valence-electron chi connectivity index (χ0n) is 36.8. The molecule has 0 saturated heterocycles. The Balaban J connectivity index is 0.980. The van der Waals surface area contributed by atoms with Crippen LogP contribution < -0.4 is 15.9 Å². The number of hydrogen-bond acceptors (Lipinski definition) is 3. The number of hydrogen-bond donors (Lipinski definition) is 0. The Morgan fingerprint density at radius 2 is 0.544 bits per heavy atom. The van der Waals surface area contributed by atoms with Gasteiger partial charge in [-0.05, 0) is 54.1 Å². The van der Waals surface area contributed by atoms with Gasteiger partial charge in [0.15, 0.2) is 0 Å². The molecule has 0 atom stereocenters. The van der Waals surface area contributed by atoms with E-state index in [1.165, 1.54) is 48.7 Å². The van der Waals surface area contributed by atoms with Crippen molar-refractivity contribution in [3.8, 4) is 22.3 Å². The SMILES string of the molecule is S=P(c1ccc(-c2c3ccc4ccccc4c3nc3c2ccc2ccccc23)cc1)(c1ccc(-c2c3ccc4ccccc4c3nc3c2ccc2ccccc23)cc1)c1cccc2ccccc12. The molecule has 2 nitrogen and oxygen atoms in total. The van der Waals surface area contributed by atoms with E-state index >= 15 is 0 Å². The molecule has 14 rings (SSSR count). The third-order valence-electron chi connectivity index (χ3n) is 14.3. The second-order valence-electron chi connectivity index (χ2n) is 17.9. The van der Waals surface area contributed by atoms with Gasteiger partial charge in [0.05, 0.1) is 22.1 Å². The highest BCUT2D eigenvalue weighted by Crippen LogP contribution is 2.48. The molecule has 0 amide bonds. The highest BCUT2D eigenvalue weighted by atomic mass is 32.4. The maximum absolute atomic E-state index is 7.26. The fraction of sp³-hybridized carbons (Fsp3) is 0. The van der Waals surface area contributed by atoms with Gasteiger partial charge in [-0.15, -0.1) is 0 Å². The summed E-state index contributed by atoms with van der Waals surface area (Å²) in [6.45, 7) is 0. The summed E-state index contributed by atoms with van der Waals surface area (Å²) in [5.74, 6) is 0. The number of aromatic nitrogens is 2. The molecule has 316 valence electrons. The summed E-state index contributed by atoms with van der Waals surface area (Å²) >= 11 is 7.26. The number of rotatable bonds is 5. The van der Waals surface area contributed by atoms with Gasteiger partial charge in [0, 0.05) is 65.6 Å². The molecule has 14 aromatic rings. The van der Waals surface area contributed by atoms with Gasteiger partial charge in [-0.25, -0.2) is 9.97 Å². The topological polar surface area (TPSA) is 25.8 Å². The molecule has 0 bridgehead atoms. The average molecular weight is 899 g/mol. The molecule has 0 radical (unpaired) electrons. The number of pyridine rings is 2. The minimum Gasteiger partial charge on any atom is -0.246 e. The Morgan fingerprint density at radius 3 is 0.897 bits per heavy atom. The summed E-state index contributed by atoms with van der Waals surface area (Å²) in [6.07, 6.45) is 0. The molecular formula is C64H39N2PS. The van der Waals surface area contributed by atoms with Crippen LogP contribution in [0.5, 0.6) is 0 Å². The van der Waals surface area contributed by atoms with Crippen molar-refractivity contribution < 1.29 is 0 Å². The van der Waals surface area contributed by atoms with E-state index in [0.29, 0.717) is 0 Å². The summed E-state index contributed by atoms with van der Waals surface area (Å²) in [4.78, 5) is 10.9. The van der Waals surface area contributed by atoms with E-state index in [0.717, 1.165) is 86.9 Å². The van der Waals surface area contributed by atoms with Crippen LogP contribution in [-0.2, 0) is 11.8 Å². The zero-order valence-corrected chi connectivity index (χ0v) is 38.5. The maximum atomic E-state index is 7.26. The minimum atomic E-state index is -2.66. The van der Waals surface area contributed by atoms with E-state index in [-0.39, 0.29) is 0 Å². The smallest absolute Gasteiger partial charge is 0.0794 e. The van der Waals surface area contributed by atoms with Crippen molar-refractivity contribution in [2.45, 2.75) is 0 Å². The zero-order chi connectivity index (χ0) is 44.9. The summed E-state index contributed by atoms with van der Waals surface area (Å²) < 4.78 is 0. The molecule has 2 heterocycles. The molecule has 0 N–H and O–H groups in total. The van der Waals surface area contributed by atoms with Crippen molar-refractivity contribution in [1.29, 1.82) is 0 Å². The summed E-state index contributed by atoms with van der Waals surface area (Å²) in [5, 5.41) is 19.8. The number of nitrogens with zero attached hydrogens (tertiary/aromatic N) is 2. The highest BCUT2D eigenvalue weighted by Gasteiger charge is 2.28. The fourth-order valence-electron chi connectivity index (χ4n) is 11.0. The van der Waals surface area contributed by atoms with Crippen LogP contribution in [0.15, 0.2) is 237 Å². The van der Waals surface area contributed by atoms with E-state index in [9.17, 15) is 0 Å². The number of fused-ring (bicyclic) bond motifs is 13. The molecule has 68 heavy (non-hydrogen) atoms. The quantitative estimate of drug-likeness (QED) is 0.0978. The molecular weight excluding hydrogens is 860 g/mol. The first-order chi connectivity index (χ1) is 33.6. The Kier molecular flexibility index (Phi) is 8.77. The largest absolute Gasteiger partial charge is 0.246 e. The van der Waals surface area contributed by atoms with Crippen molar-refractivity contribution in [2.24, 2.45) is 0 Å². The van der Waals surface area contributed by atoms with Gasteiger partial charge in [-0.2, -0.15) is 0 Å². The van der Waals surface area contributed by atoms with Gasteiger partial charge in [0.2, 0.25) is 0 Å². The first kappa shape index (κ1) is 39.1. The molecule has 4 heteroatoms. The molecule has 0 aliphatic heterocycles. The van der Waals surface area contributed by atoms with Crippen molar-refractivity contribution in [3.63, 3.8) is 0 Å². The first-order valence-electron chi connectivity index (χ1n) is 23.2. The normalized spacial score (nSPS) is 12.2. The molecule has 0 spiro atoms. The predicted molar refractivity (Wildman–Crippen MR) is 297 cm³/mol. The maximum Gasteiger partial charge on any atom is 0.0794 e. The van der Waals surface area contributed by atoms with Crippen molar-refractivity contribution in [3.05, 3.63) is 237 Å². The Bertz CT molecular complexity index is 4030. The van der Waals surface area contributed by atoms with Gasteiger partial charge in [0.25, 0.3) is 0 Å². The highest BCUT2D eigenvalue weighted by molar-refractivity contribution is 8.25. The van der Waals surface area contributed by atoms with Gasteiger partial charge in [-0.3, -0.25) is 0 Å². The van der Waals surface area contributed by atoms with Crippen LogP contribution in [0.25, 0.3) is 120 Å². The lowest BCUT2D eigenvalue weighted by atomic mass is 9.92. The van der Waals surface area contributed by atoms with E-state index in [4.69, 9.17) is 21.8 Å². The van der Waals surface area contributed by atoms with E-state index in [1.54, 1.807) is 0 Å². The standard InChI is InChI=1S/C64H39N2PS/c68-67(58-23-11-17-40-12-1-6-18-49(40)58,47-32-24-45(25-33-47)59-54-36-28-41-13-2-7-19-50(41)61(54)65-62-51-20-8-3-14-42(51)29-37-55(59)62)48-34-26-46(27-35-48)60-56-38-30-43-15-4-9-21-52(43)63(56)66-64-53-22-10-5-16-44(53)31-39-57(60)64/h1-39H. The summed E-state index contributed by atoms with van der Waals surface area (Å²) in [7, 11) is 0. The minimum absolute atomic E-state index is 1.02. The fourth-order valence-corrected chi connectivity index (χ4v) is 15.1. The van der Waals surface area contributed by atoms with Crippen molar-refractivity contribution in [1.82, 2.24) is 9.97 Å². The molecule has 2 aromatic heterocycles. The van der Waals surface area contributed by atoms with Gasteiger partial charge >= 0.3 is 0 Å². The van der Waals surface area contributed by atoms with Crippen LogP contribution in [0.4, 0.5) is 0 Å². The third-order valence-corrected chi connectivity index (χ3v) is 19.2. The second-order valence-corrected chi connectivity index (χ2v) is 22.3. The van der Waals surface area contributed by atoms with Crippen LogP contribution in [0, 0.1) is 0 Å². The predicted octanol–water partition coefficient (Wildman–Crippen LogP) is 15.9. The van der Waals surface area contributed by atoms with Crippen LogP contribution in [0.2, 0.25) is 0 Å². The molecule has 0 aliphatic carbocycles. The monoisotopic (exact) mass is 898 g/mol. The van der Waals surface area contributed by atoms with E-state index in [1.807, 2.05) is 0 Å². The van der Waals surface area contributed by atoms with E-state index in [2.05, 4.69) is 237 Å². The average Bonchev–Trinajstić information content (AvgIpc) is 3.41. The molecule has 0 unspecified atom stereocenters. The summed E-state index contributed by atoms with van der Waals surface area (Å²) in [6, 6.07) is 83.4. The van der Waals surface area contributed by atoms with Gasteiger partial charge in [0.1, 0.15) is 0 Å². The molecule has 12 aromatic carbocycles. The molecule has 0 saturated carbocycles. The Morgan fingerprint density at radius 1 is 0.250 bits per heavy atom. The van der Waals surface area contributed by atoms with Gasteiger partial charge < -0.3 is 0 Å². The second kappa shape index (κ2) is 15.2. The lowest BCUT2D eigenvalue weighted by Crippen LogP contribution is -2.25. The molecule has 0 fully saturated rings. The van der Waals surface area contributed by atoms with Crippen LogP contribution in [0.3, 0.4) is 0 Å². The van der Waals surface area contributed by atoms with Crippen LogP contribution in [-0.4, -0.2) is 9.97 Å². The van der Waals surface area contributed by atoms with Crippen molar-refractivity contribution in [2.75, 3.05) is 0 Å². The summed E-state index contributed by atoms with van der Waals surface area (Å²) in [5.41, 5.74) is 8.73. The lowest BCUT2D eigenvalue weighted by Gasteiger charge is -2.26. The Hall–Kier alpha value is -8.07. The van der Waals surface area contributed by atoms with Gasteiger partial charge in [-0.1, -0.05) is 248 Å². The third kappa shape index (κ3) is 5.86. The molecule has 0 aliphatic rings. The number of benzene rings is 12. The van der Waals surface area contributed by atoms with Crippen LogP contribution >= 0.6 is 6.04 Å². The Labute approximate surface area is 397 Å². The van der Waals surface area contributed by atoms with Crippen LogP contribution in [0.1, 0.15) is 0 Å². The first-order valence-corrected chi connectivity index (χ1v) is 26.0. The lowest BCUT2D eigenvalue weighted by molar-refractivity contribution is 1.53. The van der Waals surface area contributed by atoms with E-state index < -0.39 is 6.04 Å². The van der Waals surface area contributed by atoms with Crippen molar-refractivity contribution >= 4 is 131 Å².